The Balaban J connectivity index is 2.37. The van der Waals surface area contributed by atoms with Crippen molar-refractivity contribution in [2.45, 2.75) is 12.5 Å². The molecule has 2 heterocycles. The molecule has 1 N–H and O–H groups in total. The van der Waals surface area contributed by atoms with Gasteiger partial charge in [0, 0.05) is 6.54 Å². The van der Waals surface area contributed by atoms with E-state index in [1.165, 1.54) is 11.1 Å². The molecule has 1 aliphatic rings. The molecule has 0 aliphatic carbocycles. The van der Waals surface area contributed by atoms with Crippen molar-refractivity contribution in [3.8, 4) is 0 Å². The first kappa shape index (κ1) is 10.5. The van der Waals surface area contributed by atoms with Crippen molar-refractivity contribution in [2.24, 2.45) is 0 Å². The van der Waals surface area contributed by atoms with Crippen LogP contribution in [0.15, 0.2) is 12.4 Å². The van der Waals surface area contributed by atoms with Crippen LogP contribution in [0, 0.1) is 5.82 Å². The van der Waals surface area contributed by atoms with Gasteiger partial charge in [0.15, 0.2) is 12.1 Å². The third-order valence-corrected chi connectivity index (χ3v) is 2.65. The van der Waals surface area contributed by atoms with E-state index in [0.29, 0.717) is 19.3 Å². The number of aldehydes is 1. The van der Waals surface area contributed by atoms with Crippen molar-refractivity contribution < 1.29 is 19.1 Å². The summed E-state index contributed by atoms with van der Waals surface area (Å²) >= 11 is 0. The quantitative estimate of drug-likeness (QED) is 0.765. The highest BCUT2D eigenvalue weighted by Gasteiger charge is 2.35. The predicted molar refractivity (Wildman–Crippen MR) is 53.0 cm³/mol. The molecular formula is C10H9FN2O3. The van der Waals surface area contributed by atoms with E-state index in [1.807, 2.05) is 0 Å². The molecule has 5 nitrogen and oxygen atoms in total. The summed E-state index contributed by atoms with van der Waals surface area (Å²) < 4.78 is 13.2. The third-order valence-electron chi connectivity index (χ3n) is 2.65. The van der Waals surface area contributed by atoms with Crippen LogP contribution in [0.5, 0.6) is 0 Å². The van der Waals surface area contributed by atoms with Gasteiger partial charge in [0.1, 0.15) is 6.04 Å². The summed E-state index contributed by atoms with van der Waals surface area (Å²) in [5, 5.41) is 8.85. The van der Waals surface area contributed by atoms with Crippen molar-refractivity contribution in [2.75, 3.05) is 11.4 Å². The fraction of sp³-hybridized carbons (Fsp3) is 0.300. The van der Waals surface area contributed by atoms with Gasteiger partial charge >= 0.3 is 5.97 Å². The Labute approximate surface area is 90.5 Å². The van der Waals surface area contributed by atoms with E-state index in [1.54, 1.807) is 0 Å². The molecular weight excluding hydrogens is 215 g/mol. The number of hydrogen-bond donors (Lipinski definition) is 1. The van der Waals surface area contributed by atoms with Crippen LogP contribution < -0.4 is 4.90 Å². The molecule has 1 atom stereocenters. The van der Waals surface area contributed by atoms with Gasteiger partial charge in [-0.25, -0.2) is 9.18 Å². The van der Waals surface area contributed by atoms with Gasteiger partial charge < -0.3 is 10.0 Å². The van der Waals surface area contributed by atoms with E-state index in [2.05, 4.69) is 4.98 Å². The second kappa shape index (κ2) is 3.88. The number of aromatic nitrogens is 1. The smallest absolute Gasteiger partial charge is 0.326 e. The zero-order chi connectivity index (χ0) is 11.7. The molecule has 1 aliphatic heterocycles. The first-order chi connectivity index (χ1) is 7.65. The highest BCUT2D eigenvalue weighted by atomic mass is 19.1. The zero-order valence-corrected chi connectivity index (χ0v) is 8.26. The Morgan fingerprint density at radius 1 is 1.62 bits per heavy atom. The second-order valence-corrected chi connectivity index (χ2v) is 3.51. The van der Waals surface area contributed by atoms with Crippen LogP contribution in [-0.2, 0) is 4.79 Å². The summed E-state index contributed by atoms with van der Waals surface area (Å²) in [4.78, 5) is 26.6. The van der Waals surface area contributed by atoms with E-state index in [9.17, 15) is 14.0 Å². The summed E-state index contributed by atoms with van der Waals surface area (Å²) in [6, 6.07) is -0.692. The summed E-state index contributed by atoms with van der Waals surface area (Å²) in [6.07, 6.45) is 3.11. The molecule has 0 spiro atoms. The molecule has 0 bridgehead atoms. The number of aliphatic carboxylic acids is 1. The first-order valence-electron chi connectivity index (χ1n) is 4.73. The topological polar surface area (TPSA) is 70.5 Å². The maximum atomic E-state index is 13.2. The molecule has 0 amide bonds. The Kier molecular flexibility index (Phi) is 2.55. The van der Waals surface area contributed by atoms with E-state index >= 15 is 0 Å². The maximum Gasteiger partial charge on any atom is 0.326 e. The van der Waals surface area contributed by atoms with Gasteiger partial charge in [-0.15, -0.1) is 0 Å². The number of carbonyl (C=O) groups is 2. The monoisotopic (exact) mass is 224 g/mol. The number of halogens is 1. The van der Waals surface area contributed by atoms with Crippen molar-refractivity contribution in [1.29, 1.82) is 0 Å². The van der Waals surface area contributed by atoms with Gasteiger partial charge in [0.05, 0.1) is 23.6 Å². The van der Waals surface area contributed by atoms with Crippen LogP contribution >= 0.6 is 0 Å². The molecule has 1 fully saturated rings. The highest BCUT2D eigenvalue weighted by molar-refractivity contribution is 5.88. The van der Waals surface area contributed by atoms with Crippen LogP contribution in [0.3, 0.4) is 0 Å². The molecule has 6 heteroatoms. The van der Waals surface area contributed by atoms with Crippen LogP contribution in [0.4, 0.5) is 10.1 Å². The third kappa shape index (κ3) is 1.52. The molecule has 1 saturated heterocycles. The number of carboxylic acid groups (broad SMARTS) is 1. The number of pyridine rings is 1. The number of carboxylic acids is 1. The molecule has 1 aromatic heterocycles. The first-order valence-corrected chi connectivity index (χ1v) is 4.73. The standard InChI is InChI=1S/C10H9FN2O3/c11-7-3-12-4-9(6(7)5-14)13-2-1-8(13)10(15)16/h3-5,8H,1-2H2,(H,15,16). The molecule has 2 rings (SSSR count). The lowest BCUT2D eigenvalue weighted by atomic mass is 10.0. The predicted octanol–water partition coefficient (Wildman–Crippen LogP) is 0.696. The SMILES string of the molecule is O=Cc1c(F)cncc1N1CCC1C(=O)O. The van der Waals surface area contributed by atoms with E-state index < -0.39 is 17.8 Å². The van der Waals surface area contributed by atoms with Gasteiger partial charge in [-0.1, -0.05) is 0 Å². The lowest BCUT2D eigenvalue weighted by Gasteiger charge is -2.40. The van der Waals surface area contributed by atoms with Gasteiger partial charge in [0.2, 0.25) is 0 Å². The molecule has 1 unspecified atom stereocenters. The van der Waals surface area contributed by atoms with Crippen molar-refractivity contribution in [3.05, 3.63) is 23.8 Å². The number of anilines is 1. The lowest BCUT2D eigenvalue weighted by Crippen LogP contribution is -2.53. The van der Waals surface area contributed by atoms with E-state index in [4.69, 9.17) is 5.11 Å². The van der Waals surface area contributed by atoms with Crippen LogP contribution in [0.1, 0.15) is 16.8 Å². The van der Waals surface area contributed by atoms with Crippen LogP contribution in [0.2, 0.25) is 0 Å². The van der Waals surface area contributed by atoms with Gasteiger partial charge in [-0.05, 0) is 6.42 Å². The average molecular weight is 224 g/mol. The second-order valence-electron chi connectivity index (χ2n) is 3.51. The normalized spacial score (nSPS) is 19.1. The highest BCUT2D eigenvalue weighted by Crippen LogP contribution is 2.29. The van der Waals surface area contributed by atoms with E-state index in [-0.39, 0.29) is 11.3 Å². The maximum absolute atomic E-state index is 13.2. The lowest BCUT2D eigenvalue weighted by molar-refractivity contribution is -0.139. The Morgan fingerprint density at radius 3 is 2.88 bits per heavy atom. The number of hydrogen-bond acceptors (Lipinski definition) is 4. The fourth-order valence-electron chi connectivity index (χ4n) is 1.71. The minimum Gasteiger partial charge on any atom is -0.480 e. The molecule has 1 aromatic rings. The molecule has 0 saturated carbocycles. The van der Waals surface area contributed by atoms with Gasteiger partial charge in [-0.3, -0.25) is 9.78 Å². The minimum atomic E-state index is -0.979. The summed E-state index contributed by atoms with van der Waals surface area (Å²) in [7, 11) is 0. The Bertz CT molecular complexity index is 450. The summed E-state index contributed by atoms with van der Waals surface area (Å²) in [5.41, 5.74) is 0.106. The van der Waals surface area contributed by atoms with Crippen molar-refractivity contribution in [3.63, 3.8) is 0 Å². The average Bonchev–Trinajstić information content (AvgIpc) is 2.15. The number of carbonyl (C=O) groups excluding carboxylic acids is 1. The summed E-state index contributed by atoms with van der Waals surface area (Å²) in [6.45, 7) is 0.489. The largest absolute Gasteiger partial charge is 0.480 e. The van der Waals surface area contributed by atoms with E-state index in [0.717, 1.165) is 6.20 Å². The molecule has 0 aromatic carbocycles. The van der Waals surface area contributed by atoms with Crippen LogP contribution in [0.25, 0.3) is 0 Å². The molecule has 0 radical (unpaired) electrons. The fourth-order valence-corrected chi connectivity index (χ4v) is 1.71. The van der Waals surface area contributed by atoms with Crippen molar-refractivity contribution >= 4 is 17.9 Å². The number of rotatable bonds is 3. The van der Waals surface area contributed by atoms with Gasteiger partial charge in [0.25, 0.3) is 0 Å². The minimum absolute atomic E-state index is 0.138. The Morgan fingerprint density at radius 2 is 2.38 bits per heavy atom. The molecule has 84 valence electrons. The van der Waals surface area contributed by atoms with Gasteiger partial charge in [-0.2, -0.15) is 0 Å². The molecule has 16 heavy (non-hydrogen) atoms. The van der Waals surface area contributed by atoms with Crippen molar-refractivity contribution in [1.82, 2.24) is 4.98 Å². The van der Waals surface area contributed by atoms with Crippen LogP contribution in [-0.4, -0.2) is 34.9 Å². The summed E-state index contributed by atoms with van der Waals surface area (Å²) in [5.74, 6) is -1.71. The Hall–Kier alpha value is -1.98. The number of nitrogens with zero attached hydrogens (tertiary/aromatic N) is 2. The zero-order valence-electron chi connectivity index (χ0n) is 8.26.